The maximum absolute atomic E-state index is 12.9. The first-order chi connectivity index (χ1) is 14.5. The van der Waals surface area contributed by atoms with Gasteiger partial charge in [0.15, 0.2) is 11.5 Å². The number of benzene rings is 2. The molecule has 1 aliphatic carbocycles. The summed E-state index contributed by atoms with van der Waals surface area (Å²) in [4.78, 5) is 24.1. The molecular formula is C23H28N2O5. The fourth-order valence-electron chi connectivity index (χ4n) is 3.66. The highest BCUT2D eigenvalue weighted by Gasteiger charge is 2.21. The number of ether oxygens (including phenoxy) is 2. The van der Waals surface area contributed by atoms with Crippen LogP contribution in [0, 0.1) is 0 Å². The van der Waals surface area contributed by atoms with E-state index in [4.69, 9.17) is 9.47 Å². The third-order valence-corrected chi connectivity index (χ3v) is 5.38. The van der Waals surface area contributed by atoms with Crippen LogP contribution in [0.5, 0.6) is 11.5 Å². The molecule has 2 aromatic carbocycles. The average molecular weight is 412 g/mol. The zero-order valence-electron chi connectivity index (χ0n) is 17.3. The van der Waals surface area contributed by atoms with E-state index < -0.39 is 0 Å². The van der Waals surface area contributed by atoms with Crippen molar-refractivity contribution >= 4 is 17.9 Å². The predicted octanol–water partition coefficient (Wildman–Crippen LogP) is 3.16. The van der Waals surface area contributed by atoms with Crippen LogP contribution in [0.4, 0.5) is 5.69 Å². The second-order valence-electron chi connectivity index (χ2n) is 7.44. The molecule has 3 N–H and O–H groups in total. The fourth-order valence-corrected chi connectivity index (χ4v) is 3.66. The Morgan fingerprint density at radius 1 is 1.07 bits per heavy atom. The lowest BCUT2D eigenvalue weighted by Gasteiger charge is -2.28. The van der Waals surface area contributed by atoms with Crippen molar-refractivity contribution in [1.29, 1.82) is 0 Å². The Morgan fingerprint density at radius 3 is 2.47 bits per heavy atom. The molecule has 2 aromatic rings. The van der Waals surface area contributed by atoms with E-state index in [1.807, 2.05) is 12.1 Å². The van der Waals surface area contributed by atoms with E-state index in [0.29, 0.717) is 34.9 Å². The van der Waals surface area contributed by atoms with Gasteiger partial charge < -0.3 is 25.2 Å². The number of carbonyl (C=O) groups is 2. The molecule has 30 heavy (non-hydrogen) atoms. The number of aliphatic hydroxyl groups is 1. The summed E-state index contributed by atoms with van der Waals surface area (Å²) in [7, 11) is 3.13. The molecule has 160 valence electrons. The Hall–Kier alpha value is -3.06. The predicted molar refractivity (Wildman–Crippen MR) is 114 cm³/mol. The smallest absolute Gasteiger partial charge is 0.253 e. The molecule has 7 nitrogen and oxygen atoms in total. The van der Waals surface area contributed by atoms with Crippen LogP contribution in [0.1, 0.15) is 52.0 Å². The Balaban J connectivity index is 1.73. The Bertz CT molecular complexity index is 891. The SMILES string of the molecule is COc1ccc(CNC(=O)c2cc(C=O)ccc2N[C@H]2CC[C@H](O)CC2)cc1OC. The molecule has 0 aliphatic heterocycles. The Labute approximate surface area is 176 Å². The molecule has 0 unspecified atom stereocenters. The number of amides is 1. The van der Waals surface area contributed by atoms with E-state index in [1.54, 1.807) is 38.5 Å². The summed E-state index contributed by atoms with van der Waals surface area (Å²) in [6.07, 6.45) is 3.64. The molecule has 0 bridgehead atoms. The number of anilines is 1. The minimum absolute atomic E-state index is 0.188. The van der Waals surface area contributed by atoms with Gasteiger partial charge in [0.05, 0.1) is 25.9 Å². The lowest BCUT2D eigenvalue weighted by atomic mass is 9.92. The number of methoxy groups -OCH3 is 2. The highest BCUT2D eigenvalue weighted by atomic mass is 16.5. The quantitative estimate of drug-likeness (QED) is 0.577. The molecule has 0 heterocycles. The zero-order valence-corrected chi connectivity index (χ0v) is 17.3. The largest absolute Gasteiger partial charge is 0.493 e. The Kier molecular flexibility index (Phi) is 7.30. The molecule has 0 spiro atoms. The van der Waals surface area contributed by atoms with Gasteiger partial charge in [0.1, 0.15) is 6.29 Å². The van der Waals surface area contributed by atoms with Crippen LogP contribution in [-0.2, 0) is 6.54 Å². The van der Waals surface area contributed by atoms with E-state index in [0.717, 1.165) is 37.5 Å². The molecule has 1 fully saturated rings. The van der Waals surface area contributed by atoms with Crippen molar-refractivity contribution < 1.29 is 24.2 Å². The lowest BCUT2D eigenvalue weighted by molar-refractivity contribution is 0.0951. The molecule has 0 aromatic heterocycles. The average Bonchev–Trinajstić information content (AvgIpc) is 2.78. The third-order valence-electron chi connectivity index (χ3n) is 5.38. The van der Waals surface area contributed by atoms with Crippen LogP contribution < -0.4 is 20.1 Å². The van der Waals surface area contributed by atoms with Gasteiger partial charge in [-0.15, -0.1) is 0 Å². The number of nitrogens with one attached hydrogen (secondary N) is 2. The topological polar surface area (TPSA) is 96.9 Å². The van der Waals surface area contributed by atoms with Crippen LogP contribution in [0.3, 0.4) is 0 Å². The zero-order chi connectivity index (χ0) is 21.5. The summed E-state index contributed by atoms with van der Waals surface area (Å²) in [6.45, 7) is 0.305. The highest BCUT2D eigenvalue weighted by molar-refractivity contribution is 6.01. The van der Waals surface area contributed by atoms with Crippen molar-refractivity contribution in [2.24, 2.45) is 0 Å². The number of hydrogen-bond donors (Lipinski definition) is 3. The molecule has 1 amide bonds. The number of aliphatic hydroxyl groups excluding tert-OH is 1. The second kappa shape index (κ2) is 10.1. The summed E-state index contributed by atoms with van der Waals surface area (Å²) in [5.41, 5.74) is 2.41. The van der Waals surface area contributed by atoms with Gasteiger partial charge in [-0.05, 0) is 61.6 Å². The van der Waals surface area contributed by atoms with E-state index in [-0.39, 0.29) is 18.1 Å². The summed E-state index contributed by atoms with van der Waals surface area (Å²) < 4.78 is 10.5. The van der Waals surface area contributed by atoms with Crippen molar-refractivity contribution in [3.63, 3.8) is 0 Å². The van der Waals surface area contributed by atoms with E-state index in [1.165, 1.54) is 0 Å². The maximum atomic E-state index is 12.9. The van der Waals surface area contributed by atoms with Gasteiger partial charge in [0.25, 0.3) is 5.91 Å². The minimum Gasteiger partial charge on any atom is -0.493 e. The molecule has 0 saturated heterocycles. The van der Waals surface area contributed by atoms with E-state index in [2.05, 4.69) is 10.6 Å². The number of aldehydes is 1. The van der Waals surface area contributed by atoms with Crippen LogP contribution >= 0.6 is 0 Å². The van der Waals surface area contributed by atoms with Crippen molar-refractivity contribution in [2.45, 2.75) is 44.4 Å². The second-order valence-corrected chi connectivity index (χ2v) is 7.44. The molecule has 0 radical (unpaired) electrons. The van der Waals surface area contributed by atoms with Gasteiger partial charge in [0, 0.05) is 23.8 Å². The minimum atomic E-state index is -0.271. The standard InChI is InChI=1S/C23H28N2O5/c1-29-21-10-4-15(12-22(21)30-2)13-24-23(28)19-11-16(14-26)3-9-20(19)25-17-5-7-18(27)8-6-17/h3-4,9-12,14,17-18,25,27H,5-8,13H2,1-2H3,(H,24,28)/t17-,18-. The summed E-state index contributed by atoms with van der Waals surface area (Å²) >= 11 is 0. The summed E-state index contributed by atoms with van der Waals surface area (Å²) in [6, 6.07) is 10.7. The molecule has 7 heteroatoms. The van der Waals surface area contributed by atoms with Crippen molar-refractivity contribution in [3.8, 4) is 11.5 Å². The fraction of sp³-hybridized carbons (Fsp3) is 0.391. The summed E-state index contributed by atoms with van der Waals surface area (Å²) in [5.74, 6) is 0.941. The van der Waals surface area contributed by atoms with Crippen LogP contribution in [0.15, 0.2) is 36.4 Å². The van der Waals surface area contributed by atoms with Gasteiger partial charge >= 0.3 is 0 Å². The van der Waals surface area contributed by atoms with Crippen molar-refractivity contribution in [2.75, 3.05) is 19.5 Å². The van der Waals surface area contributed by atoms with Crippen molar-refractivity contribution in [3.05, 3.63) is 53.1 Å². The molecule has 0 atom stereocenters. The van der Waals surface area contributed by atoms with Gasteiger partial charge in [-0.25, -0.2) is 0 Å². The van der Waals surface area contributed by atoms with Gasteiger partial charge in [0.2, 0.25) is 0 Å². The molecule has 1 saturated carbocycles. The first-order valence-electron chi connectivity index (χ1n) is 10.1. The highest BCUT2D eigenvalue weighted by Crippen LogP contribution is 2.28. The Morgan fingerprint density at radius 2 is 1.80 bits per heavy atom. The molecule has 1 aliphatic rings. The monoisotopic (exact) mass is 412 g/mol. The van der Waals surface area contributed by atoms with Crippen LogP contribution in [-0.4, -0.2) is 43.7 Å². The van der Waals surface area contributed by atoms with Crippen LogP contribution in [0.2, 0.25) is 0 Å². The first kappa shape index (κ1) is 21.6. The normalized spacial score (nSPS) is 18.4. The number of carbonyl (C=O) groups excluding carboxylic acids is 2. The van der Waals surface area contributed by atoms with Crippen LogP contribution in [0.25, 0.3) is 0 Å². The van der Waals surface area contributed by atoms with Gasteiger partial charge in [-0.2, -0.15) is 0 Å². The summed E-state index contributed by atoms with van der Waals surface area (Å²) in [5, 5.41) is 16.0. The first-order valence-corrected chi connectivity index (χ1v) is 10.1. The van der Waals surface area contributed by atoms with Gasteiger partial charge in [-0.1, -0.05) is 6.07 Å². The van der Waals surface area contributed by atoms with Gasteiger partial charge in [-0.3, -0.25) is 9.59 Å². The lowest BCUT2D eigenvalue weighted by Crippen LogP contribution is -2.30. The number of rotatable bonds is 8. The van der Waals surface area contributed by atoms with E-state index in [9.17, 15) is 14.7 Å². The van der Waals surface area contributed by atoms with Crippen molar-refractivity contribution in [1.82, 2.24) is 5.32 Å². The third kappa shape index (κ3) is 5.30. The van der Waals surface area contributed by atoms with E-state index >= 15 is 0 Å². The number of hydrogen-bond acceptors (Lipinski definition) is 6. The molecular weight excluding hydrogens is 384 g/mol. The molecule has 3 rings (SSSR count). The maximum Gasteiger partial charge on any atom is 0.253 e.